The number of rotatable bonds is 8. The van der Waals surface area contributed by atoms with Gasteiger partial charge in [0.15, 0.2) is 30.2 Å². The smallest absolute Gasteiger partial charge is 0.434 e. The molecule has 308 valence electrons. The number of hydrogen-bond donors (Lipinski definition) is 5. The van der Waals surface area contributed by atoms with Crippen molar-refractivity contribution in [2.24, 2.45) is 7.05 Å². The monoisotopic (exact) mass is 809 g/mol. The highest BCUT2D eigenvalue weighted by atomic mass is 16.7. The first-order chi connectivity index (χ1) is 27.6. The van der Waals surface area contributed by atoms with Gasteiger partial charge in [0.2, 0.25) is 5.78 Å². The molecule has 8 atom stereocenters. The second-order valence-electron chi connectivity index (χ2n) is 14.9. The number of fused-ring (bicyclic) bond motifs is 6. The van der Waals surface area contributed by atoms with Crippen LogP contribution < -0.4 is 4.74 Å². The molecule has 0 radical (unpaired) electrons. The van der Waals surface area contributed by atoms with Crippen LogP contribution in [-0.2, 0) is 43.8 Å². The van der Waals surface area contributed by atoms with Gasteiger partial charge in [0, 0.05) is 42.0 Å². The van der Waals surface area contributed by atoms with Crippen molar-refractivity contribution in [2.75, 3.05) is 26.8 Å². The molecule has 5 aliphatic rings. The summed E-state index contributed by atoms with van der Waals surface area (Å²) in [5.74, 6) is -4.48. The Morgan fingerprint density at radius 1 is 1.10 bits per heavy atom. The molecule has 21 nitrogen and oxygen atoms in total. The Morgan fingerprint density at radius 2 is 1.84 bits per heavy atom. The number of imidazole rings is 1. The first-order valence-corrected chi connectivity index (χ1v) is 18.3. The number of nitro groups is 1. The zero-order valence-corrected chi connectivity index (χ0v) is 31.3. The van der Waals surface area contributed by atoms with Crippen molar-refractivity contribution >= 4 is 29.4 Å². The summed E-state index contributed by atoms with van der Waals surface area (Å²) >= 11 is 0. The third-order valence-corrected chi connectivity index (χ3v) is 11.7. The van der Waals surface area contributed by atoms with Crippen LogP contribution in [0.2, 0.25) is 0 Å². The van der Waals surface area contributed by atoms with Crippen LogP contribution in [-0.4, -0.2) is 143 Å². The molecule has 3 aromatic rings. The molecule has 3 aliphatic heterocycles. The fourth-order valence-electron chi connectivity index (χ4n) is 8.86. The Labute approximate surface area is 328 Å². The number of hydrogen-bond acceptors (Lipinski definition) is 18. The van der Waals surface area contributed by atoms with Gasteiger partial charge in [0.05, 0.1) is 56.1 Å². The van der Waals surface area contributed by atoms with E-state index in [-0.39, 0.29) is 59.8 Å². The first kappa shape index (κ1) is 39.3. The topological polar surface area (TPSA) is 283 Å². The van der Waals surface area contributed by atoms with Crippen LogP contribution in [0.15, 0.2) is 24.4 Å². The molecule has 3 fully saturated rings. The minimum Gasteiger partial charge on any atom is -0.507 e. The molecule has 4 heterocycles. The summed E-state index contributed by atoms with van der Waals surface area (Å²) < 4.78 is 30.7. The Hall–Kier alpha value is -5.55. The number of aliphatic hydroxyl groups is 3. The number of phenolic OH excluding ortho intramolecular Hbond substituents is 2. The number of amides is 1. The highest BCUT2D eigenvalue weighted by molar-refractivity contribution is 6.31. The number of carbonyl (C=O) groups is 4. The number of benzene rings is 2. The molecule has 2 aromatic carbocycles. The molecular weight excluding hydrogens is 770 g/mol. The van der Waals surface area contributed by atoms with Gasteiger partial charge in [-0.05, 0) is 17.9 Å². The van der Waals surface area contributed by atoms with E-state index in [9.17, 15) is 54.8 Å². The average Bonchev–Trinajstić information content (AvgIpc) is 3.76. The molecule has 5 N–H and O–H groups in total. The van der Waals surface area contributed by atoms with E-state index < -0.39 is 125 Å². The Bertz CT molecular complexity index is 2260. The normalized spacial score (nSPS) is 28.9. The summed E-state index contributed by atoms with van der Waals surface area (Å²) in [6.45, 7) is 0.0613. The van der Waals surface area contributed by atoms with Crippen molar-refractivity contribution < 1.29 is 73.3 Å². The molecule has 21 heteroatoms. The number of methoxy groups -OCH3 is 1. The molecule has 4 unspecified atom stereocenters. The van der Waals surface area contributed by atoms with Crippen LogP contribution in [0.5, 0.6) is 17.2 Å². The number of ketones is 3. The molecule has 3 saturated heterocycles. The third-order valence-electron chi connectivity index (χ3n) is 11.7. The lowest BCUT2D eigenvalue weighted by Crippen LogP contribution is -2.61. The molecule has 8 rings (SSSR count). The fourth-order valence-corrected chi connectivity index (χ4v) is 8.86. The maximum Gasteiger partial charge on any atom is 0.434 e. The van der Waals surface area contributed by atoms with E-state index in [0.717, 1.165) is 0 Å². The number of aromatic nitrogens is 2. The number of Topliss-reactive ketones (excluding diaryl/α,β-unsaturated/α-hetero) is 1. The Balaban J connectivity index is 1.05. The number of nitrogens with zero attached hydrogens (tertiary/aromatic N) is 5. The Kier molecular flexibility index (Phi) is 9.74. The van der Waals surface area contributed by atoms with Crippen LogP contribution >= 0.6 is 0 Å². The van der Waals surface area contributed by atoms with Gasteiger partial charge in [-0.3, -0.25) is 14.4 Å². The van der Waals surface area contributed by atoms with Gasteiger partial charge in [-0.2, -0.15) is 0 Å². The van der Waals surface area contributed by atoms with Gasteiger partial charge in [-0.15, -0.1) is 0 Å². The van der Waals surface area contributed by atoms with Crippen molar-refractivity contribution in [3.8, 4) is 17.2 Å². The maximum atomic E-state index is 14.0. The number of β-amino-alcohol motifs (C(OH)–C–C–N with tert-alkyl or cyclic N) is 1. The molecule has 1 amide bonds. The van der Waals surface area contributed by atoms with Crippen LogP contribution in [0.25, 0.3) is 0 Å². The van der Waals surface area contributed by atoms with Gasteiger partial charge in [0.25, 0.3) is 0 Å². The summed E-state index contributed by atoms with van der Waals surface area (Å²) in [4.78, 5) is 71.0. The second kappa shape index (κ2) is 14.4. The predicted molar refractivity (Wildman–Crippen MR) is 190 cm³/mol. The summed E-state index contributed by atoms with van der Waals surface area (Å²) in [5, 5.41) is 67.4. The molecule has 0 saturated carbocycles. The van der Waals surface area contributed by atoms with E-state index in [0.29, 0.717) is 0 Å². The van der Waals surface area contributed by atoms with Crippen molar-refractivity contribution in [1.82, 2.24) is 19.4 Å². The zero-order chi connectivity index (χ0) is 41.5. The van der Waals surface area contributed by atoms with Crippen molar-refractivity contribution in [2.45, 2.75) is 81.5 Å². The lowest BCUT2D eigenvalue weighted by Gasteiger charge is -2.45. The predicted octanol–water partition coefficient (Wildman–Crippen LogP) is 0.321. The minimum atomic E-state index is -2.34. The minimum absolute atomic E-state index is 0.0180. The van der Waals surface area contributed by atoms with Crippen molar-refractivity contribution in [3.63, 3.8) is 0 Å². The van der Waals surface area contributed by atoms with Crippen molar-refractivity contribution in [1.29, 1.82) is 0 Å². The highest BCUT2D eigenvalue weighted by Gasteiger charge is 2.56. The lowest BCUT2D eigenvalue weighted by molar-refractivity contribution is -0.396. The van der Waals surface area contributed by atoms with Crippen LogP contribution in [0, 0.1) is 10.1 Å². The van der Waals surface area contributed by atoms with E-state index in [1.54, 1.807) is 11.8 Å². The quantitative estimate of drug-likeness (QED) is 0.0910. The van der Waals surface area contributed by atoms with E-state index in [4.69, 9.17) is 23.7 Å². The average molecular weight is 810 g/mol. The number of aromatic hydroxyl groups is 2. The van der Waals surface area contributed by atoms with Gasteiger partial charge >= 0.3 is 12.0 Å². The van der Waals surface area contributed by atoms with Crippen LogP contribution in [0.4, 0.5) is 10.7 Å². The summed E-state index contributed by atoms with van der Waals surface area (Å²) in [6, 6.07) is 3.74. The van der Waals surface area contributed by atoms with E-state index in [1.807, 2.05) is 0 Å². The second-order valence-corrected chi connectivity index (χ2v) is 14.9. The largest absolute Gasteiger partial charge is 0.507 e. The van der Waals surface area contributed by atoms with E-state index >= 15 is 0 Å². The van der Waals surface area contributed by atoms with Gasteiger partial charge < -0.3 is 64.2 Å². The molecule has 0 bridgehead atoms. The highest BCUT2D eigenvalue weighted by Crippen LogP contribution is 2.53. The third kappa shape index (κ3) is 6.08. The van der Waals surface area contributed by atoms with Crippen LogP contribution in [0.1, 0.15) is 74.5 Å². The summed E-state index contributed by atoms with van der Waals surface area (Å²) in [5.41, 5.74) is -3.75. The lowest BCUT2D eigenvalue weighted by atomic mass is 9.72. The van der Waals surface area contributed by atoms with E-state index in [1.165, 1.54) is 48.0 Å². The molecular formula is C37H39N5O16. The number of piperazine rings is 1. The van der Waals surface area contributed by atoms with Gasteiger partial charge in [0.1, 0.15) is 54.2 Å². The Morgan fingerprint density at radius 3 is 2.53 bits per heavy atom. The molecule has 58 heavy (non-hydrogen) atoms. The van der Waals surface area contributed by atoms with Gasteiger partial charge in [-0.25, -0.2) is 14.3 Å². The molecule has 0 spiro atoms. The van der Waals surface area contributed by atoms with Crippen molar-refractivity contribution in [3.05, 3.63) is 73.6 Å². The first-order valence-electron chi connectivity index (χ1n) is 18.3. The summed E-state index contributed by atoms with van der Waals surface area (Å²) in [7, 11) is 2.71. The zero-order valence-electron chi connectivity index (χ0n) is 31.3. The standard InChI is InChI=1S/C37H39N5O16/c1-15-34-19(41-23(45)11-40(12-24(41)58-34)36(50)55-14-16-10-38-35(39(16)2)42(52)53)7-25(56-15)57-21-9-37(51,22(44)13-43)8-18-27(21)33(49)29-28(31(18)47)30(46)17-5-4-6-20(54-3)26(17)32(29)48/h4-6,10,15,19,21,23-25,34,43,45,47,49,51H,7-9,11-14H2,1-3H3/t15-,19?,21-,23?,24?,25-,34?,37-/m0/s1. The fraction of sp³-hybridized carbons (Fsp3) is 0.486. The number of phenols is 2. The SMILES string of the molecule is COc1cccc2c1C(=O)c1c(O)c3c(c(O)c1C2=O)C[C@@](O)(C(=O)CO)C[C@@H]3O[C@H]1CC2C(OC3CN(C(=O)OCc4cnc([N+](=O)[O-])n4C)CC(O)N32)[C@H](C)O1. The number of aliphatic hydroxyl groups excluding tert-OH is 2. The van der Waals surface area contributed by atoms with Crippen LogP contribution in [0.3, 0.4) is 0 Å². The number of ether oxygens (including phenoxy) is 5. The summed E-state index contributed by atoms with van der Waals surface area (Å²) in [6.07, 6.45) is -6.82. The van der Waals surface area contributed by atoms with Gasteiger partial charge in [-0.1, -0.05) is 17.1 Å². The van der Waals surface area contributed by atoms with E-state index in [2.05, 4.69) is 4.98 Å². The molecule has 1 aromatic heterocycles. The molecule has 2 aliphatic carbocycles. The number of carbonyl (C=O) groups excluding carboxylic acids is 4. The maximum absolute atomic E-state index is 14.0.